The molecule has 0 bridgehead atoms. The number of nitrogens with one attached hydrogen (secondary N) is 2. The van der Waals surface area contributed by atoms with Gasteiger partial charge in [0.25, 0.3) is 5.78 Å². The average molecular weight is 403 g/mol. The molecule has 1 aromatic heterocycles. The van der Waals surface area contributed by atoms with Crippen LogP contribution in [0.3, 0.4) is 0 Å². The van der Waals surface area contributed by atoms with Crippen molar-refractivity contribution in [2.75, 3.05) is 26.2 Å². The summed E-state index contributed by atoms with van der Waals surface area (Å²) in [5.41, 5.74) is 1.23. The number of piperidine rings is 2. The first-order valence-electron chi connectivity index (χ1n) is 10.8. The van der Waals surface area contributed by atoms with Crippen molar-refractivity contribution in [1.82, 2.24) is 0 Å². The van der Waals surface area contributed by atoms with E-state index in [4.69, 9.17) is 16.0 Å². The van der Waals surface area contributed by atoms with Crippen LogP contribution in [-0.4, -0.2) is 38.0 Å². The molecule has 2 aliphatic heterocycles. The second-order valence-electron chi connectivity index (χ2n) is 8.29. The number of hydrogen-bond donors (Lipinski definition) is 2. The molecule has 2 aromatic rings. The lowest BCUT2D eigenvalue weighted by Gasteiger charge is -2.39. The Hall–Kier alpha value is -1.62. The summed E-state index contributed by atoms with van der Waals surface area (Å²) in [6.07, 6.45) is 9.03. The molecule has 0 unspecified atom stereocenters. The molecule has 0 saturated carbocycles. The van der Waals surface area contributed by atoms with Gasteiger partial charge in [0.05, 0.1) is 32.4 Å². The van der Waals surface area contributed by atoms with Crippen molar-refractivity contribution in [2.24, 2.45) is 0 Å². The van der Waals surface area contributed by atoms with Gasteiger partial charge in [0.15, 0.2) is 11.8 Å². The molecule has 3 heterocycles. The van der Waals surface area contributed by atoms with E-state index in [1.807, 2.05) is 24.3 Å². The minimum absolute atomic E-state index is 0.110. The second kappa shape index (κ2) is 9.25. The maximum atomic E-state index is 13.7. The van der Waals surface area contributed by atoms with Gasteiger partial charge < -0.3 is 14.2 Å². The zero-order chi connectivity index (χ0) is 19.3. The molecule has 2 fully saturated rings. The molecule has 0 radical (unpaired) electrons. The van der Waals surface area contributed by atoms with Gasteiger partial charge in [-0.15, -0.1) is 0 Å². The van der Waals surface area contributed by atoms with Crippen LogP contribution < -0.4 is 9.80 Å². The predicted molar refractivity (Wildman–Crippen MR) is 110 cm³/mol. The van der Waals surface area contributed by atoms with Crippen molar-refractivity contribution in [3.63, 3.8) is 0 Å². The number of carbonyl (C=O) groups excluding carboxylic acids is 1. The number of hydrogen-bond acceptors (Lipinski definition) is 2. The van der Waals surface area contributed by atoms with E-state index in [2.05, 4.69) is 12.1 Å². The van der Waals surface area contributed by atoms with Gasteiger partial charge in [-0.25, -0.2) is 0 Å². The Balaban J connectivity index is 1.74. The van der Waals surface area contributed by atoms with Gasteiger partial charge in [-0.3, -0.25) is 4.79 Å². The highest BCUT2D eigenvalue weighted by atomic mass is 35.5. The minimum Gasteiger partial charge on any atom is -0.461 e. The molecule has 1 aromatic carbocycles. The predicted octanol–water partition coefficient (Wildman–Crippen LogP) is 2.36. The van der Waals surface area contributed by atoms with E-state index in [1.165, 1.54) is 53.9 Å². The van der Waals surface area contributed by atoms with Crippen LogP contribution in [0.15, 0.2) is 47.1 Å². The van der Waals surface area contributed by atoms with E-state index in [0.29, 0.717) is 5.76 Å². The highest BCUT2D eigenvalue weighted by molar-refractivity contribution is 6.30. The van der Waals surface area contributed by atoms with Crippen molar-refractivity contribution in [3.8, 4) is 0 Å². The number of quaternary nitrogens is 2. The summed E-state index contributed by atoms with van der Waals surface area (Å²) in [5.74, 6) is 0.651. The Morgan fingerprint density at radius 1 is 0.857 bits per heavy atom. The summed E-state index contributed by atoms with van der Waals surface area (Å²) in [4.78, 5) is 16.6. The normalized spacial score (nSPS) is 21.3. The van der Waals surface area contributed by atoms with Gasteiger partial charge in [0, 0.05) is 10.6 Å². The Kier molecular flexibility index (Phi) is 6.50. The topological polar surface area (TPSA) is 39.1 Å². The van der Waals surface area contributed by atoms with E-state index in [-0.39, 0.29) is 17.9 Å². The van der Waals surface area contributed by atoms with E-state index < -0.39 is 0 Å². The summed E-state index contributed by atoms with van der Waals surface area (Å²) >= 11 is 6.18. The Morgan fingerprint density at radius 2 is 1.46 bits per heavy atom. The van der Waals surface area contributed by atoms with Crippen molar-refractivity contribution >= 4 is 17.4 Å². The van der Waals surface area contributed by atoms with Crippen LogP contribution in [0.2, 0.25) is 5.02 Å². The van der Waals surface area contributed by atoms with Crippen molar-refractivity contribution in [2.45, 2.75) is 50.6 Å². The molecular formula is C23H31ClN2O2+2. The van der Waals surface area contributed by atoms with Gasteiger partial charge >= 0.3 is 0 Å². The zero-order valence-electron chi connectivity index (χ0n) is 16.5. The maximum absolute atomic E-state index is 13.7. The van der Waals surface area contributed by atoms with Crippen molar-refractivity contribution in [1.29, 1.82) is 0 Å². The van der Waals surface area contributed by atoms with Crippen LogP contribution in [0, 0.1) is 0 Å². The third-order valence-corrected chi connectivity index (χ3v) is 6.73. The number of rotatable bonds is 6. The first kappa shape index (κ1) is 19.7. The standard InChI is InChI=1S/C23H29ClN2O2/c24-19-11-9-18(10-12-19)21(25-13-3-1-4-14-25)22(26-15-5-2-6-16-26)23(27)20-8-7-17-28-20/h7-12,17,21-22H,1-6,13-16H2/p+2/t21-,22-/m1/s1. The van der Waals surface area contributed by atoms with E-state index in [1.54, 1.807) is 6.26 Å². The Morgan fingerprint density at radius 3 is 2.04 bits per heavy atom. The fourth-order valence-electron chi connectivity index (χ4n) is 5.11. The molecule has 2 saturated heterocycles. The first-order chi connectivity index (χ1) is 13.7. The number of carbonyl (C=O) groups is 1. The molecular weight excluding hydrogens is 372 g/mol. The summed E-state index contributed by atoms with van der Waals surface area (Å²) < 4.78 is 5.57. The zero-order valence-corrected chi connectivity index (χ0v) is 17.2. The first-order valence-corrected chi connectivity index (χ1v) is 11.1. The molecule has 0 aliphatic carbocycles. The summed E-state index contributed by atoms with van der Waals surface area (Å²) in [7, 11) is 0. The molecule has 28 heavy (non-hydrogen) atoms. The van der Waals surface area contributed by atoms with Crippen LogP contribution in [0.25, 0.3) is 0 Å². The lowest BCUT2D eigenvalue weighted by Crippen LogP contribution is -3.24. The summed E-state index contributed by atoms with van der Waals surface area (Å²) in [5, 5.41) is 0.746. The van der Waals surface area contributed by atoms with Gasteiger partial charge in [-0.2, -0.15) is 0 Å². The third-order valence-electron chi connectivity index (χ3n) is 6.48. The quantitative estimate of drug-likeness (QED) is 0.728. The van der Waals surface area contributed by atoms with Crippen LogP contribution >= 0.6 is 11.6 Å². The fraction of sp³-hybridized carbons (Fsp3) is 0.522. The molecule has 0 spiro atoms. The number of likely N-dealkylation sites (tertiary alicyclic amines) is 2. The van der Waals surface area contributed by atoms with Gasteiger partial charge in [0.1, 0.15) is 0 Å². The van der Waals surface area contributed by atoms with Crippen LogP contribution in [0.5, 0.6) is 0 Å². The molecule has 4 rings (SSSR count). The highest BCUT2D eigenvalue weighted by Crippen LogP contribution is 2.21. The molecule has 2 N–H and O–H groups in total. The number of furan rings is 1. The molecule has 2 atom stereocenters. The molecule has 4 nitrogen and oxygen atoms in total. The lowest BCUT2D eigenvalue weighted by molar-refractivity contribution is -0.997. The molecule has 5 heteroatoms. The van der Waals surface area contributed by atoms with Crippen molar-refractivity contribution in [3.05, 3.63) is 59.0 Å². The van der Waals surface area contributed by atoms with Crippen LogP contribution in [0.1, 0.15) is 60.7 Å². The number of ketones is 1. The third kappa shape index (κ3) is 4.35. The second-order valence-corrected chi connectivity index (χ2v) is 8.72. The molecule has 0 amide bonds. The SMILES string of the molecule is O=C(c1ccco1)[C@@H]([C@@H](c1ccc(Cl)cc1)[NH+]1CCCCC1)[NH+]1CCCCC1. The summed E-state index contributed by atoms with van der Waals surface area (Å²) in [6, 6.07) is 11.9. The lowest BCUT2D eigenvalue weighted by atomic mass is 9.89. The maximum Gasteiger partial charge on any atom is 0.261 e. The largest absolute Gasteiger partial charge is 0.461 e. The average Bonchev–Trinajstić information content (AvgIpc) is 3.29. The van der Waals surface area contributed by atoms with E-state index in [0.717, 1.165) is 31.2 Å². The Bertz CT molecular complexity index is 747. The molecule has 150 valence electrons. The minimum atomic E-state index is -0.110. The fourth-order valence-corrected chi connectivity index (χ4v) is 5.24. The van der Waals surface area contributed by atoms with Crippen LogP contribution in [0.4, 0.5) is 0 Å². The number of halogens is 1. The van der Waals surface area contributed by atoms with E-state index in [9.17, 15) is 4.79 Å². The van der Waals surface area contributed by atoms with Gasteiger partial charge in [-0.05, 0) is 62.8 Å². The number of Topliss-reactive ketones (excluding diaryl/α,β-unsaturated/α-hetero) is 1. The van der Waals surface area contributed by atoms with Crippen LogP contribution in [-0.2, 0) is 0 Å². The monoisotopic (exact) mass is 402 g/mol. The Labute approximate surface area is 172 Å². The highest BCUT2D eigenvalue weighted by Gasteiger charge is 2.46. The smallest absolute Gasteiger partial charge is 0.261 e. The number of benzene rings is 1. The molecule has 2 aliphatic rings. The van der Waals surface area contributed by atoms with Crippen molar-refractivity contribution < 1.29 is 19.0 Å². The van der Waals surface area contributed by atoms with Gasteiger partial charge in [0.2, 0.25) is 6.04 Å². The van der Waals surface area contributed by atoms with Gasteiger partial charge in [-0.1, -0.05) is 23.7 Å². The summed E-state index contributed by atoms with van der Waals surface area (Å²) in [6.45, 7) is 4.38. The van der Waals surface area contributed by atoms with E-state index >= 15 is 0 Å².